The van der Waals surface area contributed by atoms with Gasteiger partial charge in [0.05, 0.1) is 6.54 Å². The van der Waals surface area contributed by atoms with Crippen LogP contribution in [0.2, 0.25) is 0 Å². The van der Waals surface area contributed by atoms with Crippen LogP contribution in [0.5, 0.6) is 0 Å². The maximum Gasteiger partial charge on any atom is 0.320 e. The van der Waals surface area contributed by atoms with Crippen LogP contribution in [0.25, 0.3) is 0 Å². The van der Waals surface area contributed by atoms with E-state index < -0.39 is 0 Å². The second kappa shape index (κ2) is 4.93. The van der Waals surface area contributed by atoms with E-state index >= 15 is 0 Å². The molecular weight excluding hydrogens is 270 g/mol. The molecule has 4 fully saturated rings. The molecule has 5 heteroatoms. The highest BCUT2D eigenvalue weighted by atomic mass is 32.2. The Balaban J connectivity index is 1.33. The summed E-state index contributed by atoms with van der Waals surface area (Å²) in [4.78, 5) is 16.2. The van der Waals surface area contributed by atoms with Crippen LogP contribution in [0.3, 0.4) is 0 Å². The molecule has 0 aromatic carbocycles. The van der Waals surface area contributed by atoms with Gasteiger partial charge in [-0.1, -0.05) is 11.8 Å². The van der Waals surface area contributed by atoms with Crippen LogP contribution in [0.4, 0.5) is 4.79 Å². The normalized spacial score (nSPS) is 41.6. The highest BCUT2D eigenvalue weighted by Crippen LogP contribution is 2.59. The number of thioether (sulfide) groups is 1. The third kappa shape index (κ3) is 2.45. The summed E-state index contributed by atoms with van der Waals surface area (Å²) in [5, 5.41) is 6.78. The summed E-state index contributed by atoms with van der Waals surface area (Å²) >= 11 is 1.63. The molecule has 5 rings (SSSR count). The average molecular weight is 293 g/mol. The molecule has 5 aliphatic rings. The Hall–Kier alpha value is -0.710. The van der Waals surface area contributed by atoms with Gasteiger partial charge in [-0.15, -0.1) is 0 Å². The molecule has 110 valence electrons. The van der Waals surface area contributed by atoms with Crippen molar-refractivity contribution in [1.29, 1.82) is 0 Å². The molecule has 0 atom stereocenters. The Kier molecular flexibility index (Phi) is 3.20. The molecule has 4 nitrogen and oxygen atoms in total. The molecule has 4 bridgehead atoms. The van der Waals surface area contributed by atoms with Crippen molar-refractivity contribution in [1.82, 2.24) is 10.6 Å². The van der Waals surface area contributed by atoms with Crippen LogP contribution < -0.4 is 10.6 Å². The number of amidine groups is 1. The number of hydrogen-bond donors (Lipinski definition) is 2. The van der Waals surface area contributed by atoms with E-state index in [2.05, 4.69) is 15.6 Å². The zero-order valence-corrected chi connectivity index (χ0v) is 12.7. The van der Waals surface area contributed by atoms with Gasteiger partial charge >= 0.3 is 6.03 Å². The van der Waals surface area contributed by atoms with Crippen molar-refractivity contribution >= 4 is 23.0 Å². The number of aliphatic imine (C=N–C) groups is 1. The fourth-order valence-electron chi connectivity index (χ4n) is 5.33. The van der Waals surface area contributed by atoms with Gasteiger partial charge in [-0.3, -0.25) is 10.3 Å². The zero-order valence-electron chi connectivity index (χ0n) is 11.9. The van der Waals surface area contributed by atoms with Crippen molar-refractivity contribution in [3.05, 3.63) is 0 Å². The first-order valence-electron chi connectivity index (χ1n) is 7.93. The summed E-state index contributed by atoms with van der Waals surface area (Å²) in [5.41, 5.74) is 0.413. The van der Waals surface area contributed by atoms with Crippen molar-refractivity contribution in [2.24, 2.45) is 28.2 Å². The number of amides is 2. The standard InChI is InChI=1S/C15H23N3OS/c19-13(18-14-16-1-2-20-14)17-9-15-6-10-3-11(7-15)5-12(4-10)8-15/h10-12H,1-9H2,(H2,16,17,18,19). The fraction of sp³-hybridized carbons (Fsp3) is 0.867. The van der Waals surface area contributed by atoms with Crippen molar-refractivity contribution in [2.75, 3.05) is 18.8 Å². The van der Waals surface area contributed by atoms with Gasteiger partial charge in [-0.25, -0.2) is 4.79 Å². The second-order valence-corrected chi connectivity index (χ2v) is 8.34. The molecule has 4 aliphatic carbocycles. The fourth-order valence-corrected chi connectivity index (χ4v) is 6.05. The van der Waals surface area contributed by atoms with Crippen LogP contribution in [-0.4, -0.2) is 30.0 Å². The molecule has 20 heavy (non-hydrogen) atoms. The van der Waals surface area contributed by atoms with E-state index in [4.69, 9.17) is 0 Å². The van der Waals surface area contributed by atoms with Crippen molar-refractivity contribution in [2.45, 2.75) is 38.5 Å². The van der Waals surface area contributed by atoms with E-state index in [1.165, 1.54) is 38.5 Å². The Morgan fingerprint density at radius 1 is 1.20 bits per heavy atom. The Morgan fingerprint density at radius 3 is 2.40 bits per heavy atom. The number of hydrogen-bond acceptors (Lipinski definition) is 3. The van der Waals surface area contributed by atoms with Gasteiger partial charge in [0, 0.05) is 12.3 Å². The zero-order chi connectivity index (χ0) is 13.6. The van der Waals surface area contributed by atoms with Gasteiger partial charge in [0.25, 0.3) is 0 Å². The van der Waals surface area contributed by atoms with E-state index in [0.717, 1.165) is 41.8 Å². The highest BCUT2D eigenvalue weighted by Gasteiger charge is 2.50. The highest BCUT2D eigenvalue weighted by molar-refractivity contribution is 8.14. The quantitative estimate of drug-likeness (QED) is 0.822. The molecule has 1 aliphatic heterocycles. The molecule has 2 N–H and O–H groups in total. The van der Waals surface area contributed by atoms with Gasteiger partial charge in [0.2, 0.25) is 0 Å². The molecule has 1 heterocycles. The summed E-state index contributed by atoms with van der Waals surface area (Å²) in [6.07, 6.45) is 8.40. The molecule has 0 radical (unpaired) electrons. The van der Waals surface area contributed by atoms with Crippen LogP contribution in [-0.2, 0) is 0 Å². The second-order valence-electron chi connectivity index (χ2n) is 7.26. The van der Waals surface area contributed by atoms with Crippen LogP contribution in [0.15, 0.2) is 4.99 Å². The number of rotatable bonds is 2. The summed E-state index contributed by atoms with van der Waals surface area (Å²) in [5.74, 6) is 3.83. The van der Waals surface area contributed by atoms with E-state index in [9.17, 15) is 4.79 Å². The molecular formula is C15H23N3OS. The predicted octanol–water partition coefficient (Wildman–Crippen LogP) is 2.60. The van der Waals surface area contributed by atoms with Gasteiger partial charge in [-0.2, -0.15) is 0 Å². The van der Waals surface area contributed by atoms with Gasteiger partial charge in [0.1, 0.15) is 0 Å². The molecule has 0 aromatic rings. The van der Waals surface area contributed by atoms with Crippen molar-refractivity contribution in [3.8, 4) is 0 Å². The largest absolute Gasteiger partial charge is 0.337 e. The number of nitrogens with zero attached hydrogens (tertiary/aromatic N) is 1. The third-order valence-electron chi connectivity index (χ3n) is 5.59. The topological polar surface area (TPSA) is 53.5 Å². The summed E-state index contributed by atoms with van der Waals surface area (Å²) in [6.45, 7) is 1.69. The molecule has 2 amide bonds. The number of nitrogens with one attached hydrogen (secondary N) is 2. The lowest BCUT2D eigenvalue weighted by molar-refractivity contribution is -0.0497. The predicted molar refractivity (Wildman–Crippen MR) is 81.9 cm³/mol. The minimum atomic E-state index is -0.0612. The van der Waals surface area contributed by atoms with E-state index in [1.807, 2.05) is 0 Å². The van der Waals surface area contributed by atoms with E-state index in [1.54, 1.807) is 11.8 Å². The average Bonchev–Trinajstić information content (AvgIpc) is 2.88. The van der Waals surface area contributed by atoms with Crippen LogP contribution in [0, 0.1) is 23.2 Å². The number of carbonyl (C=O) groups is 1. The lowest BCUT2D eigenvalue weighted by Crippen LogP contribution is -2.52. The van der Waals surface area contributed by atoms with Crippen LogP contribution in [0.1, 0.15) is 38.5 Å². The van der Waals surface area contributed by atoms with E-state index in [-0.39, 0.29) is 6.03 Å². The Bertz CT molecular complexity index is 413. The first-order chi connectivity index (χ1) is 9.71. The summed E-state index contributed by atoms with van der Waals surface area (Å²) < 4.78 is 0. The van der Waals surface area contributed by atoms with Crippen molar-refractivity contribution in [3.63, 3.8) is 0 Å². The minimum Gasteiger partial charge on any atom is -0.337 e. The first kappa shape index (κ1) is 13.0. The van der Waals surface area contributed by atoms with Gasteiger partial charge in [0.15, 0.2) is 5.17 Å². The summed E-state index contributed by atoms with van der Waals surface area (Å²) in [6, 6.07) is -0.0612. The number of urea groups is 1. The minimum absolute atomic E-state index is 0.0612. The van der Waals surface area contributed by atoms with Crippen molar-refractivity contribution < 1.29 is 4.79 Å². The summed E-state index contributed by atoms with van der Waals surface area (Å²) in [7, 11) is 0. The van der Waals surface area contributed by atoms with Crippen LogP contribution >= 0.6 is 11.8 Å². The van der Waals surface area contributed by atoms with Gasteiger partial charge < -0.3 is 5.32 Å². The van der Waals surface area contributed by atoms with Gasteiger partial charge in [-0.05, 0) is 61.7 Å². The lowest BCUT2D eigenvalue weighted by Gasteiger charge is -2.56. The first-order valence-corrected chi connectivity index (χ1v) is 8.91. The maximum absolute atomic E-state index is 12.0. The molecule has 0 aromatic heterocycles. The number of carbonyl (C=O) groups excluding carboxylic acids is 1. The molecule has 0 unspecified atom stereocenters. The maximum atomic E-state index is 12.0. The molecule has 4 saturated carbocycles. The molecule has 0 spiro atoms. The Labute approximate surface area is 124 Å². The Morgan fingerprint density at radius 2 is 1.85 bits per heavy atom. The SMILES string of the molecule is O=C(NCC12CC3CC(CC(C3)C1)C2)NC1=NCCS1. The smallest absolute Gasteiger partial charge is 0.320 e. The third-order valence-corrected chi connectivity index (χ3v) is 6.49. The molecule has 0 saturated heterocycles. The monoisotopic (exact) mass is 293 g/mol. The van der Waals surface area contributed by atoms with E-state index in [0.29, 0.717) is 5.41 Å². The lowest BCUT2D eigenvalue weighted by atomic mass is 9.49.